The van der Waals surface area contributed by atoms with E-state index >= 15 is 0 Å². The number of hydrogen-bond donors (Lipinski definition) is 0. The molecule has 1 rings (SSSR count). The van der Waals surface area contributed by atoms with Gasteiger partial charge in [0.05, 0.1) is 6.07 Å². The summed E-state index contributed by atoms with van der Waals surface area (Å²) in [5.74, 6) is 0. The Labute approximate surface area is 106 Å². The molecule has 0 N–H and O–H groups in total. The monoisotopic (exact) mass is 220 g/mol. The van der Waals surface area contributed by atoms with Crippen molar-refractivity contribution in [1.82, 2.24) is 0 Å². The number of nitrogens with zero attached hydrogens (tertiary/aromatic N) is 1. The highest BCUT2D eigenvalue weighted by atomic mass is 14.3. The van der Waals surface area contributed by atoms with Crippen LogP contribution >= 0.6 is 0 Å². The van der Waals surface area contributed by atoms with Gasteiger partial charge in [0.2, 0.25) is 0 Å². The molecule has 0 aliphatic heterocycles. The summed E-state index contributed by atoms with van der Waals surface area (Å²) in [5.41, 5.74) is 0.715. The molecule has 0 aromatic rings. The van der Waals surface area contributed by atoms with E-state index in [0.717, 1.165) is 0 Å². The van der Waals surface area contributed by atoms with Crippen molar-refractivity contribution in [2.45, 2.75) is 46.8 Å². The quantitative estimate of drug-likeness (QED) is 0.495. The van der Waals surface area contributed by atoms with Gasteiger partial charge in [-0.25, -0.2) is 0 Å². The third-order valence-electron chi connectivity index (χ3n) is 2.86. The molecule has 0 aromatic heterocycles. The highest BCUT2D eigenvalue weighted by Crippen LogP contribution is 2.40. The maximum Gasteiger partial charge on any atom is 0.0914 e. The van der Waals surface area contributed by atoms with Crippen molar-refractivity contribution in [3.05, 3.63) is 34.9 Å². The maximum atomic E-state index is 8.62. The van der Waals surface area contributed by atoms with Crippen molar-refractivity contribution in [2.24, 2.45) is 5.41 Å². The topological polar surface area (TPSA) is 23.8 Å². The third kappa shape index (κ3) is 3.10. The molecule has 16 heavy (non-hydrogen) atoms. The summed E-state index contributed by atoms with van der Waals surface area (Å²) in [7, 11) is 0. The summed E-state index contributed by atoms with van der Waals surface area (Å²) >= 11 is 0. The molecule has 0 spiro atoms. The zero-order valence-corrected chi connectivity index (χ0v) is 10.1. The molecule has 1 nitrogen and oxygen atoms in total. The molecule has 0 saturated carbocycles. The average Bonchev–Trinajstić information content (AvgIpc) is 2.29. The van der Waals surface area contributed by atoms with Crippen LogP contribution in [-0.2, 0) is 0 Å². The number of allylic oxidation sites excluding steroid dienone is 6. The Morgan fingerprint density at radius 1 is 1.62 bits per heavy atom. The van der Waals surface area contributed by atoms with Crippen LogP contribution < -0.4 is 0 Å². The summed E-state index contributed by atoms with van der Waals surface area (Å²) in [6.45, 7) is 3.14. The van der Waals surface area contributed by atoms with Crippen LogP contribution in [0.1, 0.15) is 53.7 Å². The van der Waals surface area contributed by atoms with Crippen LogP contribution in [0.15, 0.2) is 34.9 Å². The molecule has 1 heteroatoms. The largest absolute Gasteiger partial charge is 0.193 e. The van der Waals surface area contributed by atoms with Gasteiger partial charge in [0, 0.05) is 12.9 Å². The molecule has 0 aromatic carbocycles. The number of nitriles is 1. The molecule has 86 valence electrons. The minimum Gasteiger partial charge on any atom is -0.193 e. The van der Waals surface area contributed by atoms with Crippen molar-refractivity contribution >= 4 is 0 Å². The van der Waals surface area contributed by atoms with Gasteiger partial charge in [0.25, 0.3) is 0 Å². The summed E-state index contributed by atoms with van der Waals surface area (Å²) in [4.78, 5) is 0. The lowest BCUT2D eigenvalue weighted by atomic mass is 9.72. The Morgan fingerprint density at radius 3 is 3.00 bits per heavy atom. The lowest BCUT2D eigenvalue weighted by molar-refractivity contribution is 0.377. The molecule has 0 unspecified atom stereocenters. The predicted molar refractivity (Wildman–Crippen MR) is 68.8 cm³/mol. The van der Waals surface area contributed by atoms with E-state index in [2.05, 4.69) is 0 Å². The number of rotatable bonds is 2. The average molecular weight is 220 g/mol. The molecule has 0 fully saturated rings. The normalized spacial score (nSPS) is 29.9. The second-order valence-electron chi connectivity index (χ2n) is 4.70. The Balaban J connectivity index is 3.50. The summed E-state index contributed by atoms with van der Waals surface area (Å²) in [5, 5.41) is 8.62. The fourth-order valence-electron chi connectivity index (χ4n) is 1.74. The molecule has 0 saturated heterocycles. The molecule has 0 heterocycles. The SMILES string of the molecule is [2H]C([2H])([2H])C1=C(C=CC(C)=CC#N)C(C)(C)CCC1([2H])[2H]. The Hall–Kier alpha value is -1.29. The van der Waals surface area contributed by atoms with Crippen LogP contribution in [0.3, 0.4) is 0 Å². The lowest BCUT2D eigenvalue weighted by Gasteiger charge is -2.32. The van der Waals surface area contributed by atoms with Gasteiger partial charge in [-0.2, -0.15) is 5.26 Å². The minimum absolute atomic E-state index is 0.104. The van der Waals surface area contributed by atoms with E-state index in [9.17, 15) is 0 Å². The first kappa shape index (κ1) is 7.12. The zero-order valence-electron chi connectivity index (χ0n) is 15.1. The minimum atomic E-state index is -2.46. The van der Waals surface area contributed by atoms with Crippen molar-refractivity contribution < 1.29 is 6.85 Å². The number of hydrogen-bond acceptors (Lipinski definition) is 1. The maximum absolute atomic E-state index is 8.62. The van der Waals surface area contributed by atoms with E-state index < -0.39 is 18.6 Å². The standard InChI is InChI=1S/C15H21N/c1-12(9-11-16)7-8-14-13(2)6-5-10-15(14,3)4/h7-9H,5-6,10H2,1-4H3/i2D3,6D2. The van der Waals surface area contributed by atoms with E-state index in [1.807, 2.05) is 19.9 Å². The van der Waals surface area contributed by atoms with Crippen LogP contribution in [0.5, 0.6) is 0 Å². The summed E-state index contributed by atoms with van der Waals surface area (Å²) in [6, 6.07) is 1.92. The van der Waals surface area contributed by atoms with Crippen molar-refractivity contribution in [3.8, 4) is 6.07 Å². The van der Waals surface area contributed by atoms with E-state index in [0.29, 0.717) is 17.6 Å². The van der Waals surface area contributed by atoms with Gasteiger partial charge in [0.15, 0.2) is 0 Å². The highest BCUT2D eigenvalue weighted by molar-refractivity contribution is 5.36. The second kappa shape index (κ2) is 5.16. The summed E-state index contributed by atoms with van der Waals surface area (Å²) < 4.78 is 39.2. The van der Waals surface area contributed by atoms with Crippen molar-refractivity contribution in [2.75, 3.05) is 0 Å². The molecular formula is C15H21N. The van der Waals surface area contributed by atoms with Gasteiger partial charge in [0.1, 0.15) is 0 Å². The fraction of sp³-hybridized carbons (Fsp3) is 0.533. The van der Waals surface area contributed by atoms with E-state index in [1.165, 1.54) is 6.08 Å². The van der Waals surface area contributed by atoms with Crippen molar-refractivity contribution in [3.63, 3.8) is 0 Å². The van der Waals surface area contributed by atoms with Gasteiger partial charge in [-0.3, -0.25) is 0 Å². The first-order valence-electron chi connectivity index (χ1n) is 7.92. The molecule has 1 aliphatic carbocycles. The first-order valence-corrected chi connectivity index (χ1v) is 5.42. The molecule has 0 amide bonds. The van der Waals surface area contributed by atoms with Gasteiger partial charge in [-0.1, -0.05) is 31.6 Å². The van der Waals surface area contributed by atoms with Gasteiger partial charge >= 0.3 is 0 Å². The van der Waals surface area contributed by atoms with Crippen LogP contribution in [0.2, 0.25) is 0 Å². The van der Waals surface area contributed by atoms with Crippen LogP contribution in [0.25, 0.3) is 0 Å². The molecule has 1 aliphatic rings. The predicted octanol–water partition coefficient (Wildman–Crippen LogP) is 4.54. The van der Waals surface area contributed by atoms with Gasteiger partial charge in [-0.05, 0) is 49.6 Å². The molecule has 0 atom stereocenters. The molecule has 0 bridgehead atoms. The first-order chi connectivity index (χ1) is 9.42. The van der Waals surface area contributed by atoms with E-state index in [4.69, 9.17) is 12.1 Å². The lowest BCUT2D eigenvalue weighted by Crippen LogP contribution is -2.19. The van der Waals surface area contributed by atoms with Crippen molar-refractivity contribution in [1.29, 1.82) is 5.26 Å². The van der Waals surface area contributed by atoms with Gasteiger partial charge < -0.3 is 0 Å². The second-order valence-corrected chi connectivity index (χ2v) is 4.70. The van der Waals surface area contributed by atoms with Crippen LogP contribution in [0, 0.1) is 16.7 Å². The highest BCUT2D eigenvalue weighted by Gasteiger charge is 2.26. The smallest absolute Gasteiger partial charge is 0.0914 e. The fourth-order valence-corrected chi connectivity index (χ4v) is 1.74. The zero-order chi connectivity index (χ0) is 16.5. The molecule has 0 radical (unpaired) electrons. The van der Waals surface area contributed by atoms with Crippen LogP contribution in [0.4, 0.5) is 0 Å². The Kier molecular flexibility index (Phi) is 2.30. The van der Waals surface area contributed by atoms with E-state index in [1.54, 1.807) is 19.1 Å². The van der Waals surface area contributed by atoms with E-state index in [-0.39, 0.29) is 12.0 Å². The third-order valence-corrected chi connectivity index (χ3v) is 2.86. The summed E-state index contributed by atoms with van der Waals surface area (Å²) in [6.07, 6.45) is 3.66. The van der Waals surface area contributed by atoms with Gasteiger partial charge in [-0.15, -0.1) is 0 Å². The Morgan fingerprint density at radius 2 is 2.38 bits per heavy atom. The Bertz CT molecular complexity index is 541. The molecular weight excluding hydrogens is 194 g/mol. The van der Waals surface area contributed by atoms with Crippen LogP contribution in [-0.4, -0.2) is 0 Å².